The van der Waals surface area contributed by atoms with Crippen molar-refractivity contribution in [3.63, 3.8) is 0 Å². The third-order valence-corrected chi connectivity index (χ3v) is 6.09. The molecule has 4 aromatic carbocycles. The van der Waals surface area contributed by atoms with Gasteiger partial charge in [0.25, 0.3) is 0 Å². The predicted molar refractivity (Wildman–Crippen MR) is 134 cm³/mol. The van der Waals surface area contributed by atoms with E-state index in [1.165, 1.54) is 27.4 Å². The molecule has 0 bridgehead atoms. The largest absolute Gasteiger partial charge is 0.344 e. The van der Waals surface area contributed by atoms with Gasteiger partial charge in [-0.05, 0) is 23.8 Å². The number of aromatic nitrogens is 4. The van der Waals surface area contributed by atoms with E-state index in [1.807, 2.05) is 60.7 Å². The molecule has 0 saturated heterocycles. The number of benzene rings is 4. The van der Waals surface area contributed by atoms with Gasteiger partial charge in [-0.1, -0.05) is 84.9 Å². The third-order valence-electron chi connectivity index (χ3n) is 6.09. The van der Waals surface area contributed by atoms with Crippen molar-refractivity contribution in [3.8, 4) is 22.8 Å². The van der Waals surface area contributed by atoms with Crippen LogP contribution in [-0.2, 0) is 13.5 Å². The molecule has 0 saturated carbocycles. The SMILES string of the molecule is Cn1c2ccccc2c2cc(Cc3nc(-c4ccccc4)nc(-c4ccccc4)n3)ccc21. The van der Waals surface area contributed by atoms with Crippen LogP contribution in [0.1, 0.15) is 11.4 Å². The Morgan fingerprint density at radius 2 is 1.15 bits per heavy atom. The zero-order valence-corrected chi connectivity index (χ0v) is 18.3. The molecule has 0 amide bonds. The standard InChI is InChI=1S/C29H22N4/c1-33-25-15-9-8-14-23(25)24-18-20(16-17-26(24)33)19-27-30-28(21-10-4-2-5-11-21)32-29(31-27)22-12-6-3-7-13-22/h2-18H,19H2,1H3. The molecule has 0 radical (unpaired) electrons. The van der Waals surface area contributed by atoms with Crippen LogP contribution >= 0.6 is 0 Å². The number of hydrogen-bond donors (Lipinski definition) is 0. The summed E-state index contributed by atoms with van der Waals surface area (Å²) in [6.45, 7) is 0. The second-order valence-corrected chi connectivity index (χ2v) is 8.24. The summed E-state index contributed by atoms with van der Waals surface area (Å²) in [7, 11) is 2.12. The van der Waals surface area contributed by atoms with Crippen LogP contribution in [-0.4, -0.2) is 19.5 Å². The second kappa shape index (κ2) is 7.99. The first-order chi connectivity index (χ1) is 16.3. The first-order valence-corrected chi connectivity index (χ1v) is 11.1. The molecule has 6 rings (SSSR count). The maximum Gasteiger partial charge on any atom is 0.163 e. The fraction of sp³-hybridized carbons (Fsp3) is 0.0690. The fourth-order valence-electron chi connectivity index (χ4n) is 4.44. The summed E-state index contributed by atoms with van der Waals surface area (Å²) < 4.78 is 2.25. The van der Waals surface area contributed by atoms with Crippen LogP contribution in [0.4, 0.5) is 0 Å². The normalized spacial score (nSPS) is 11.3. The molecule has 4 nitrogen and oxygen atoms in total. The van der Waals surface area contributed by atoms with Gasteiger partial charge in [-0.25, -0.2) is 15.0 Å². The highest BCUT2D eigenvalue weighted by molar-refractivity contribution is 6.08. The highest BCUT2D eigenvalue weighted by atomic mass is 15.0. The average molecular weight is 427 g/mol. The highest BCUT2D eigenvalue weighted by Crippen LogP contribution is 2.29. The lowest BCUT2D eigenvalue weighted by Crippen LogP contribution is -2.04. The first kappa shape index (κ1) is 19.4. The lowest BCUT2D eigenvalue weighted by atomic mass is 10.1. The summed E-state index contributed by atoms with van der Waals surface area (Å²) in [6.07, 6.45) is 0.640. The van der Waals surface area contributed by atoms with Crippen molar-refractivity contribution >= 4 is 21.8 Å². The molecular formula is C29H22N4. The molecule has 0 spiro atoms. The molecule has 33 heavy (non-hydrogen) atoms. The lowest BCUT2D eigenvalue weighted by molar-refractivity contribution is 0.933. The first-order valence-electron chi connectivity index (χ1n) is 11.1. The number of para-hydroxylation sites is 1. The number of fused-ring (bicyclic) bond motifs is 3. The Morgan fingerprint density at radius 1 is 0.576 bits per heavy atom. The van der Waals surface area contributed by atoms with Crippen molar-refractivity contribution in [3.05, 3.63) is 115 Å². The van der Waals surface area contributed by atoms with E-state index in [0.29, 0.717) is 18.1 Å². The van der Waals surface area contributed by atoms with E-state index < -0.39 is 0 Å². The summed E-state index contributed by atoms with van der Waals surface area (Å²) in [5, 5.41) is 2.52. The van der Waals surface area contributed by atoms with E-state index in [-0.39, 0.29) is 0 Å². The van der Waals surface area contributed by atoms with Crippen molar-refractivity contribution in [1.29, 1.82) is 0 Å². The summed E-state index contributed by atoms with van der Waals surface area (Å²) >= 11 is 0. The maximum atomic E-state index is 4.84. The van der Waals surface area contributed by atoms with Crippen molar-refractivity contribution in [2.24, 2.45) is 7.05 Å². The van der Waals surface area contributed by atoms with Crippen LogP contribution in [0.15, 0.2) is 103 Å². The zero-order valence-electron chi connectivity index (χ0n) is 18.3. The summed E-state index contributed by atoms with van der Waals surface area (Å²) in [6, 6.07) is 35.4. The van der Waals surface area contributed by atoms with Gasteiger partial charge >= 0.3 is 0 Å². The van der Waals surface area contributed by atoms with Gasteiger partial charge in [0.2, 0.25) is 0 Å². The van der Waals surface area contributed by atoms with Gasteiger partial charge in [0.1, 0.15) is 5.82 Å². The van der Waals surface area contributed by atoms with Crippen LogP contribution in [0.25, 0.3) is 44.6 Å². The third kappa shape index (κ3) is 3.56. The van der Waals surface area contributed by atoms with E-state index in [0.717, 1.165) is 17.0 Å². The van der Waals surface area contributed by atoms with Crippen molar-refractivity contribution < 1.29 is 0 Å². The highest BCUT2D eigenvalue weighted by Gasteiger charge is 2.13. The Bertz CT molecular complexity index is 1530. The Labute approximate surface area is 192 Å². The predicted octanol–water partition coefficient (Wildman–Crippen LogP) is 6.44. The molecule has 0 aliphatic carbocycles. The molecule has 4 heteroatoms. The topological polar surface area (TPSA) is 43.6 Å². The minimum absolute atomic E-state index is 0.640. The molecule has 158 valence electrons. The van der Waals surface area contributed by atoms with Gasteiger partial charge in [-0.15, -0.1) is 0 Å². The van der Waals surface area contributed by atoms with Crippen LogP contribution in [0.3, 0.4) is 0 Å². The Morgan fingerprint density at radius 3 is 1.82 bits per heavy atom. The van der Waals surface area contributed by atoms with Gasteiger partial charge in [0.15, 0.2) is 11.6 Å². The molecule has 0 N–H and O–H groups in total. The van der Waals surface area contributed by atoms with Gasteiger partial charge in [0.05, 0.1) is 0 Å². The molecule has 0 unspecified atom stereocenters. The van der Waals surface area contributed by atoms with Crippen LogP contribution in [0.2, 0.25) is 0 Å². The van der Waals surface area contributed by atoms with Gasteiger partial charge in [0, 0.05) is 46.4 Å². The molecule has 0 aliphatic rings. The molecule has 0 atom stereocenters. The molecule has 2 aromatic heterocycles. The van der Waals surface area contributed by atoms with Gasteiger partial charge < -0.3 is 4.57 Å². The van der Waals surface area contributed by atoms with Crippen molar-refractivity contribution in [1.82, 2.24) is 19.5 Å². The molecule has 0 aliphatic heterocycles. The van der Waals surface area contributed by atoms with E-state index in [9.17, 15) is 0 Å². The quantitative estimate of drug-likeness (QED) is 0.326. The molecule has 2 heterocycles. The minimum Gasteiger partial charge on any atom is -0.344 e. The minimum atomic E-state index is 0.640. The van der Waals surface area contributed by atoms with E-state index in [4.69, 9.17) is 15.0 Å². The summed E-state index contributed by atoms with van der Waals surface area (Å²) in [5.74, 6) is 2.17. The van der Waals surface area contributed by atoms with Crippen molar-refractivity contribution in [2.45, 2.75) is 6.42 Å². The van der Waals surface area contributed by atoms with Crippen LogP contribution < -0.4 is 0 Å². The Hall–Kier alpha value is -4.31. The van der Waals surface area contributed by atoms with Gasteiger partial charge in [-0.3, -0.25) is 0 Å². The number of nitrogens with zero attached hydrogens (tertiary/aromatic N) is 4. The Kier molecular flexibility index (Phi) is 4.69. The van der Waals surface area contributed by atoms with Crippen LogP contribution in [0, 0.1) is 0 Å². The number of hydrogen-bond acceptors (Lipinski definition) is 3. The number of aryl methyl sites for hydroxylation is 1. The van der Waals surface area contributed by atoms with Gasteiger partial charge in [-0.2, -0.15) is 0 Å². The zero-order chi connectivity index (χ0) is 22.2. The van der Waals surface area contributed by atoms with E-state index in [1.54, 1.807) is 0 Å². The summed E-state index contributed by atoms with van der Waals surface area (Å²) in [4.78, 5) is 14.5. The van der Waals surface area contributed by atoms with Crippen molar-refractivity contribution in [2.75, 3.05) is 0 Å². The van der Waals surface area contributed by atoms with E-state index >= 15 is 0 Å². The maximum absolute atomic E-state index is 4.84. The molecular weight excluding hydrogens is 404 g/mol. The Balaban J connectivity index is 1.46. The average Bonchev–Trinajstić information content (AvgIpc) is 3.16. The smallest absolute Gasteiger partial charge is 0.163 e. The monoisotopic (exact) mass is 426 g/mol. The molecule has 6 aromatic rings. The molecule has 0 fully saturated rings. The van der Waals surface area contributed by atoms with E-state index in [2.05, 4.69) is 54.1 Å². The van der Waals surface area contributed by atoms with Crippen LogP contribution in [0.5, 0.6) is 0 Å². The second-order valence-electron chi connectivity index (χ2n) is 8.24. The number of rotatable bonds is 4. The fourth-order valence-corrected chi connectivity index (χ4v) is 4.44. The summed E-state index contributed by atoms with van der Waals surface area (Å²) in [5.41, 5.74) is 5.63. The lowest BCUT2D eigenvalue weighted by Gasteiger charge is -2.08.